The lowest BCUT2D eigenvalue weighted by Crippen LogP contribution is -2.37. The minimum Gasteiger partial charge on any atom is -0.371 e. The molecule has 0 aliphatic carbocycles. The maximum atomic E-state index is 6.10. The quantitative estimate of drug-likeness (QED) is 0.655. The molecule has 28 heavy (non-hydrogen) atoms. The van der Waals surface area contributed by atoms with Gasteiger partial charge in [-0.2, -0.15) is 0 Å². The summed E-state index contributed by atoms with van der Waals surface area (Å²) in [4.78, 5) is 14.0. The number of fused-ring (bicyclic) bond motifs is 1. The third-order valence-electron chi connectivity index (χ3n) is 5.04. The van der Waals surface area contributed by atoms with Crippen LogP contribution in [0.3, 0.4) is 0 Å². The van der Waals surface area contributed by atoms with Crippen molar-refractivity contribution in [3.63, 3.8) is 0 Å². The minimum atomic E-state index is -0.181. The molecule has 1 aliphatic heterocycles. The van der Waals surface area contributed by atoms with Gasteiger partial charge in [-0.1, -0.05) is 29.8 Å². The number of aromatic nitrogens is 1. The van der Waals surface area contributed by atoms with Crippen LogP contribution in [0.25, 0.3) is 6.20 Å². The van der Waals surface area contributed by atoms with Gasteiger partial charge >= 0.3 is 0 Å². The molecule has 4 rings (SSSR count). The molecule has 0 radical (unpaired) electrons. The maximum Gasteiger partial charge on any atom is 0.153 e. The fourth-order valence-corrected chi connectivity index (χ4v) is 3.67. The fraction of sp³-hybridized carbons (Fsp3) is 0.217. The van der Waals surface area contributed by atoms with Crippen LogP contribution in [-0.4, -0.2) is 18.1 Å². The molecule has 1 unspecified atom stereocenters. The van der Waals surface area contributed by atoms with Crippen LogP contribution in [0.4, 0.5) is 11.4 Å². The first kappa shape index (κ1) is 18.5. The predicted octanol–water partition coefficient (Wildman–Crippen LogP) is 4.16. The molecule has 0 spiro atoms. The van der Waals surface area contributed by atoms with Crippen molar-refractivity contribution in [1.82, 2.24) is 4.98 Å². The van der Waals surface area contributed by atoms with E-state index in [1.807, 2.05) is 48.8 Å². The summed E-state index contributed by atoms with van der Waals surface area (Å²) in [5, 5.41) is 2.81. The molecule has 2 heterocycles. The fourth-order valence-electron chi connectivity index (χ4n) is 3.54. The molecule has 4 nitrogen and oxygen atoms in total. The second-order valence-electron chi connectivity index (χ2n) is 6.72. The van der Waals surface area contributed by atoms with Crippen molar-refractivity contribution in [2.24, 2.45) is 4.99 Å². The lowest BCUT2D eigenvalue weighted by atomic mass is 10.1. The van der Waals surface area contributed by atoms with Gasteiger partial charge in [-0.25, -0.2) is 0 Å². The highest BCUT2D eigenvalue weighted by atomic mass is 35.5. The normalized spacial score (nSPS) is 15.4. The standard InChI is InChI=1S/C23H23ClN4/c1-3-27(4-2)21-13-18(14-25-15-21)23-26-22-8-6-5-7-17(22)16-28(23)20-11-9-19(24)10-12-20/h5-16,23H,3-4H2,1-2H3. The molecular weight excluding hydrogens is 368 g/mol. The summed E-state index contributed by atoms with van der Waals surface area (Å²) in [7, 11) is 0. The van der Waals surface area contributed by atoms with Gasteiger partial charge in [0, 0.05) is 47.0 Å². The van der Waals surface area contributed by atoms with Gasteiger partial charge in [0.2, 0.25) is 0 Å². The summed E-state index contributed by atoms with van der Waals surface area (Å²) in [6.07, 6.45) is 5.80. The molecule has 0 bridgehead atoms. The lowest BCUT2D eigenvalue weighted by Gasteiger charge is -2.31. The summed E-state index contributed by atoms with van der Waals surface area (Å²) in [6.45, 7) is 6.20. The summed E-state index contributed by atoms with van der Waals surface area (Å²) in [5.41, 5.74) is 3.22. The van der Waals surface area contributed by atoms with Crippen LogP contribution in [0.15, 0.2) is 72.0 Å². The zero-order valence-electron chi connectivity index (χ0n) is 16.1. The van der Waals surface area contributed by atoms with E-state index >= 15 is 0 Å². The number of halogens is 1. The van der Waals surface area contributed by atoms with Gasteiger partial charge in [-0.15, -0.1) is 0 Å². The number of anilines is 2. The Labute approximate surface area is 170 Å². The number of pyridine rings is 1. The first-order valence-electron chi connectivity index (χ1n) is 9.58. The number of benzene rings is 2. The van der Waals surface area contributed by atoms with E-state index in [-0.39, 0.29) is 6.17 Å². The Kier molecular flexibility index (Phi) is 5.31. The first-order valence-corrected chi connectivity index (χ1v) is 9.96. The molecule has 0 saturated heterocycles. The van der Waals surface area contributed by atoms with E-state index in [2.05, 4.69) is 53.0 Å². The molecule has 0 fully saturated rings. The third kappa shape index (κ3) is 3.60. The van der Waals surface area contributed by atoms with Crippen molar-refractivity contribution in [2.75, 3.05) is 22.9 Å². The molecule has 0 N–H and O–H groups in total. The summed E-state index contributed by atoms with van der Waals surface area (Å²) in [6, 6.07) is 18.3. The maximum absolute atomic E-state index is 6.10. The molecule has 5 heteroatoms. The van der Waals surface area contributed by atoms with Crippen molar-refractivity contribution >= 4 is 29.2 Å². The molecular formula is C23H23ClN4. The van der Waals surface area contributed by atoms with E-state index in [1.54, 1.807) is 0 Å². The zero-order chi connectivity index (χ0) is 19.5. The number of para-hydroxylation sites is 1. The van der Waals surface area contributed by atoms with Gasteiger partial charge in [-0.3, -0.25) is 9.98 Å². The van der Waals surface area contributed by atoms with Gasteiger partial charge in [0.25, 0.3) is 0 Å². The number of rotatable bonds is 5. The molecule has 1 aliphatic rings. The molecule has 0 amide bonds. The molecule has 3 aromatic rings. The van der Waals surface area contributed by atoms with E-state index in [9.17, 15) is 0 Å². The number of hydrogen-bond donors (Lipinski definition) is 0. The predicted molar refractivity (Wildman–Crippen MR) is 116 cm³/mol. The Bertz CT molecular complexity index is 1070. The Morgan fingerprint density at radius 3 is 2.50 bits per heavy atom. The van der Waals surface area contributed by atoms with E-state index < -0.39 is 0 Å². The summed E-state index contributed by atoms with van der Waals surface area (Å²) in [5.74, 6) is 0. The Morgan fingerprint density at radius 2 is 1.75 bits per heavy atom. The second-order valence-corrected chi connectivity index (χ2v) is 7.16. The van der Waals surface area contributed by atoms with Crippen molar-refractivity contribution in [3.8, 4) is 0 Å². The second kappa shape index (κ2) is 8.03. The van der Waals surface area contributed by atoms with Gasteiger partial charge in [0.15, 0.2) is 6.17 Å². The molecule has 1 aromatic heterocycles. The van der Waals surface area contributed by atoms with E-state index in [4.69, 9.17) is 16.6 Å². The zero-order valence-corrected chi connectivity index (χ0v) is 16.8. The van der Waals surface area contributed by atoms with Crippen molar-refractivity contribution in [3.05, 3.63) is 88.2 Å². The SMILES string of the molecule is CCN(CC)c1cncc(C2N=c3ccccc3=CN2c2ccc(Cl)cc2)c1. The highest BCUT2D eigenvalue weighted by Gasteiger charge is 2.22. The monoisotopic (exact) mass is 390 g/mol. The van der Waals surface area contributed by atoms with Crippen LogP contribution < -0.4 is 20.4 Å². The van der Waals surface area contributed by atoms with Gasteiger partial charge in [0.05, 0.1) is 17.2 Å². The summed E-state index contributed by atoms with van der Waals surface area (Å²) >= 11 is 6.10. The van der Waals surface area contributed by atoms with Gasteiger partial charge in [-0.05, 0) is 50.2 Å². The average Bonchev–Trinajstić information content (AvgIpc) is 2.74. The van der Waals surface area contributed by atoms with Crippen molar-refractivity contribution in [1.29, 1.82) is 0 Å². The molecule has 142 valence electrons. The smallest absolute Gasteiger partial charge is 0.153 e. The Hall–Kier alpha value is -2.85. The van der Waals surface area contributed by atoms with Crippen LogP contribution in [0.2, 0.25) is 5.02 Å². The Morgan fingerprint density at radius 1 is 1.00 bits per heavy atom. The minimum absolute atomic E-state index is 0.181. The van der Waals surface area contributed by atoms with Crippen LogP contribution in [-0.2, 0) is 0 Å². The van der Waals surface area contributed by atoms with E-state index in [1.165, 1.54) is 0 Å². The van der Waals surface area contributed by atoms with Crippen LogP contribution >= 0.6 is 11.6 Å². The molecule has 2 aromatic carbocycles. The van der Waals surface area contributed by atoms with Crippen molar-refractivity contribution < 1.29 is 0 Å². The molecule has 0 saturated carbocycles. The highest BCUT2D eigenvalue weighted by Crippen LogP contribution is 2.31. The molecule has 1 atom stereocenters. The highest BCUT2D eigenvalue weighted by molar-refractivity contribution is 6.30. The third-order valence-corrected chi connectivity index (χ3v) is 5.29. The van der Waals surface area contributed by atoms with Crippen LogP contribution in [0.1, 0.15) is 25.6 Å². The Balaban J connectivity index is 1.84. The van der Waals surface area contributed by atoms with E-state index in [0.717, 1.165) is 45.6 Å². The lowest BCUT2D eigenvalue weighted by molar-refractivity contribution is 0.709. The summed E-state index contributed by atoms with van der Waals surface area (Å²) < 4.78 is 0. The largest absolute Gasteiger partial charge is 0.371 e. The first-order chi connectivity index (χ1) is 13.7. The van der Waals surface area contributed by atoms with Crippen LogP contribution in [0, 0.1) is 0 Å². The van der Waals surface area contributed by atoms with Crippen LogP contribution in [0.5, 0.6) is 0 Å². The number of hydrogen-bond acceptors (Lipinski definition) is 4. The average molecular weight is 391 g/mol. The van der Waals surface area contributed by atoms with E-state index in [0.29, 0.717) is 0 Å². The van der Waals surface area contributed by atoms with Gasteiger partial charge < -0.3 is 9.80 Å². The topological polar surface area (TPSA) is 31.7 Å². The van der Waals surface area contributed by atoms with Gasteiger partial charge in [0.1, 0.15) is 0 Å². The number of nitrogens with zero attached hydrogens (tertiary/aromatic N) is 4. The van der Waals surface area contributed by atoms with Crippen molar-refractivity contribution in [2.45, 2.75) is 20.0 Å².